The monoisotopic (exact) mass is 647 g/mol. The summed E-state index contributed by atoms with van der Waals surface area (Å²) in [6.45, 7) is 0.604. The standard InChI is InChI=1S/C38H41N5O5/c39-31-8-4-5-9-32(31)42-37(46)13-3-1-2-12-36(45)41-29-20-18-28(19-21-29)38-47-30(23-43-25-40-33-10-6-7-11-34(33)43)22-35(48-38)27-16-14-26(24-44)15-17-27/h4-11,14-21,25,30,35,38,44H,1-3,12-13,22-24,39H2,(H,41,45)(H,42,46)/t30-,35+,38+/m0/s1. The van der Waals surface area contributed by atoms with Crippen LogP contribution in [0.4, 0.5) is 17.1 Å². The van der Waals surface area contributed by atoms with E-state index in [4.69, 9.17) is 15.2 Å². The van der Waals surface area contributed by atoms with E-state index in [-0.39, 0.29) is 30.6 Å². The number of unbranched alkanes of at least 4 members (excludes halogenated alkanes) is 2. The summed E-state index contributed by atoms with van der Waals surface area (Å²) in [6, 6.07) is 30.6. The van der Waals surface area contributed by atoms with Crippen molar-refractivity contribution in [1.82, 2.24) is 9.55 Å². The number of nitrogens with one attached hydrogen (secondary N) is 2. The molecular weight excluding hydrogens is 606 g/mol. The van der Waals surface area contributed by atoms with E-state index in [1.807, 2.05) is 85.2 Å². The molecule has 248 valence electrons. The largest absolute Gasteiger partial charge is 0.397 e. The number of imidazole rings is 1. The number of benzene rings is 4. The lowest BCUT2D eigenvalue weighted by Crippen LogP contribution is -2.32. The van der Waals surface area contributed by atoms with Crippen molar-refractivity contribution in [1.29, 1.82) is 0 Å². The maximum atomic E-state index is 12.6. The lowest BCUT2D eigenvalue weighted by atomic mass is 10.00. The average molecular weight is 648 g/mol. The fourth-order valence-corrected chi connectivity index (χ4v) is 5.93. The molecule has 1 aromatic heterocycles. The summed E-state index contributed by atoms with van der Waals surface area (Å²) < 4.78 is 15.1. The lowest BCUT2D eigenvalue weighted by molar-refractivity contribution is -0.252. The molecule has 0 radical (unpaired) electrons. The summed E-state index contributed by atoms with van der Waals surface area (Å²) in [5, 5.41) is 15.3. The molecule has 3 atom stereocenters. The summed E-state index contributed by atoms with van der Waals surface area (Å²) in [5.74, 6) is -0.163. The van der Waals surface area contributed by atoms with Gasteiger partial charge in [-0.05, 0) is 60.4 Å². The number of para-hydroxylation sites is 4. The van der Waals surface area contributed by atoms with Gasteiger partial charge < -0.3 is 35.5 Å². The molecule has 10 nitrogen and oxygen atoms in total. The minimum atomic E-state index is -0.610. The minimum absolute atomic E-state index is 0.0130. The van der Waals surface area contributed by atoms with Crippen LogP contribution in [0.25, 0.3) is 11.0 Å². The second kappa shape index (κ2) is 15.7. The number of nitrogens with two attached hydrogens (primary N) is 1. The Hall–Kier alpha value is -5.03. The third-order valence-electron chi connectivity index (χ3n) is 8.55. The molecule has 1 aliphatic heterocycles. The number of aliphatic hydroxyl groups excluding tert-OH is 1. The van der Waals surface area contributed by atoms with Crippen molar-refractivity contribution in [2.75, 3.05) is 16.4 Å². The first-order valence-electron chi connectivity index (χ1n) is 16.4. The van der Waals surface area contributed by atoms with Crippen molar-refractivity contribution in [2.45, 2.75) is 70.2 Å². The zero-order valence-corrected chi connectivity index (χ0v) is 26.8. The summed E-state index contributed by atoms with van der Waals surface area (Å²) >= 11 is 0. The van der Waals surface area contributed by atoms with Crippen molar-refractivity contribution in [2.24, 2.45) is 0 Å². The van der Waals surface area contributed by atoms with E-state index in [2.05, 4.69) is 26.3 Å². The van der Waals surface area contributed by atoms with Crippen LogP contribution in [0.15, 0.2) is 103 Å². The molecule has 1 saturated heterocycles. The maximum Gasteiger partial charge on any atom is 0.224 e. The first kappa shape index (κ1) is 32.9. The van der Waals surface area contributed by atoms with Gasteiger partial charge in [0.15, 0.2) is 6.29 Å². The average Bonchev–Trinajstić information content (AvgIpc) is 3.52. The molecule has 48 heavy (non-hydrogen) atoms. The smallest absolute Gasteiger partial charge is 0.224 e. The van der Waals surface area contributed by atoms with Crippen LogP contribution in [0, 0.1) is 0 Å². The highest BCUT2D eigenvalue weighted by atomic mass is 16.7. The number of carbonyl (C=O) groups is 2. The molecule has 1 aliphatic rings. The van der Waals surface area contributed by atoms with Crippen LogP contribution < -0.4 is 16.4 Å². The fraction of sp³-hybridized carbons (Fsp3) is 0.289. The van der Waals surface area contributed by atoms with Crippen molar-refractivity contribution in [3.63, 3.8) is 0 Å². The van der Waals surface area contributed by atoms with E-state index in [0.717, 1.165) is 34.1 Å². The van der Waals surface area contributed by atoms with Crippen molar-refractivity contribution in [3.05, 3.63) is 120 Å². The van der Waals surface area contributed by atoms with Crippen LogP contribution in [0.5, 0.6) is 0 Å². The molecule has 0 unspecified atom stereocenters. The Morgan fingerprint density at radius 1 is 0.812 bits per heavy atom. The van der Waals surface area contributed by atoms with Crippen LogP contribution in [-0.2, 0) is 32.2 Å². The van der Waals surface area contributed by atoms with Crippen molar-refractivity contribution >= 4 is 39.9 Å². The third kappa shape index (κ3) is 8.46. The topological polar surface area (TPSA) is 141 Å². The summed E-state index contributed by atoms with van der Waals surface area (Å²) in [5.41, 5.74) is 12.4. The number of carbonyl (C=O) groups excluding carboxylic acids is 2. The molecule has 10 heteroatoms. The molecule has 0 saturated carbocycles. The Morgan fingerprint density at radius 3 is 2.25 bits per heavy atom. The Labute approximate surface area is 279 Å². The highest BCUT2D eigenvalue weighted by molar-refractivity contribution is 5.93. The van der Waals surface area contributed by atoms with Gasteiger partial charge in [-0.3, -0.25) is 9.59 Å². The van der Waals surface area contributed by atoms with E-state index in [9.17, 15) is 14.7 Å². The van der Waals surface area contributed by atoms with Gasteiger partial charge in [-0.25, -0.2) is 4.98 Å². The summed E-state index contributed by atoms with van der Waals surface area (Å²) in [6.07, 6.45) is 4.41. The number of nitrogens with zero attached hydrogens (tertiary/aromatic N) is 2. The minimum Gasteiger partial charge on any atom is -0.397 e. The Bertz CT molecular complexity index is 1820. The number of fused-ring (bicyclic) bond motifs is 1. The second-order valence-electron chi connectivity index (χ2n) is 12.1. The Kier molecular flexibility index (Phi) is 10.8. The van der Waals surface area contributed by atoms with Gasteiger partial charge in [0.25, 0.3) is 0 Å². The predicted molar refractivity (Wildman–Crippen MR) is 186 cm³/mol. The molecule has 1 fully saturated rings. The van der Waals surface area contributed by atoms with Crippen LogP contribution in [0.1, 0.15) is 67.6 Å². The van der Waals surface area contributed by atoms with E-state index in [1.165, 1.54) is 0 Å². The number of aliphatic hydroxyl groups is 1. The molecule has 2 heterocycles. The van der Waals surface area contributed by atoms with Crippen LogP contribution in [-0.4, -0.2) is 32.6 Å². The number of rotatable bonds is 13. The molecule has 5 aromatic rings. The molecule has 2 amide bonds. The van der Waals surface area contributed by atoms with E-state index in [1.54, 1.807) is 12.1 Å². The summed E-state index contributed by atoms with van der Waals surface area (Å²) in [7, 11) is 0. The molecule has 0 bridgehead atoms. The normalized spacial score (nSPS) is 17.6. The number of hydrogen-bond acceptors (Lipinski definition) is 7. The van der Waals surface area contributed by atoms with Gasteiger partial charge in [0.2, 0.25) is 11.8 Å². The van der Waals surface area contributed by atoms with Crippen LogP contribution in [0.3, 0.4) is 0 Å². The molecule has 5 N–H and O–H groups in total. The van der Waals surface area contributed by atoms with Crippen molar-refractivity contribution < 1.29 is 24.2 Å². The molecule has 0 spiro atoms. The first-order valence-corrected chi connectivity index (χ1v) is 16.4. The molecule has 4 aromatic carbocycles. The van der Waals surface area contributed by atoms with Gasteiger partial charge >= 0.3 is 0 Å². The van der Waals surface area contributed by atoms with E-state index >= 15 is 0 Å². The van der Waals surface area contributed by atoms with Gasteiger partial charge in [0, 0.05) is 30.5 Å². The van der Waals surface area contributed by atoms with Gasteiger partial charge in [-0.15, -0.1) is 0 Å². The second-order valence-corrected chi connectivity index (χ2v) is 12.1. The third-order valence-corrected chi connectivity index (χ3v) is 8.55. The van der Waals surface area contributed by atoms with Crippen LogP contribution in [0.2, 0.25) is 0 Å². The quantitative estimate of drug-likeness (QED) is 0.0806. The summed E-state index contributed by atoms with van der Waals surface area (Å²) in [4.78, 5) is 29.4. The number of hydrogen-bond donors (Lipinski definition) is 4. The number of anilines is 3. The van der Waals surface area contributed by atoms with E-state index < -0.39 is 6.29 Å². The first-order chi connectivity index (χ1) is 23.4. The fourth-order valence-electron chi connectivity index (χ4n) is 5.93. The highest BCUT2D eigenvalue weighted by Crippen LogP contribution is 2.39. The Morgan fingerprint density at radius 2 is 1.50 bits per heavy atom. The highest BCUT2D eigenvalue weighted by Gasteiger charge is 2.32. The number of nitrogen functional groups attached to an aromatic ring is 1. The van der Waals surface area contributed by atoms with Gasteiger partial charge in [-0.2, -0.15) is 0 Å². The maximum absolute atomic E-state index is 12.6. The SMILES string of the molecule is Nc1ccccc1NC(=O)CCCCCC(=O)Nc1ccc([C@@H]2O[C@H](Cn3cnc4ccccc43)C[C@H](c3ccc(CO)cc3)O2)cc1. The molecular formula is C38H41N5O5. The lowest BCUT2D eigenvalue weighted by Gasteiger charge is -2.36. The predicted octanol–water partition coefficient (Wildman–Crippen LogP) is 6.88. The number of ether oxygens (including phenoxy) is 2. The van der Waals surface area contributed by atoms with E-state index in [0.29, 0.717) is 55.7 Å². The Balaban J connectivity index is 1.02. The number of amides is 2. The molecule has 0 aliphatic carbocycles. The zero-order valence-electron chi connectivity index (χ0n) is 26.8. The van der Waals surface area contributed by atoms with Crippen LogP contribution >= 0.6 is 0 Å². The van der Waals surface area contributed by atoms with Gasteiger partial charge in [0.1, 0.15) is 0 Å². The van der Waals surface area contributed by atoms with Gasteiger partial charge in [-0.1, -0.05) is 67.1 Å². The zero-order chi connectivity index (χ0) is 33.3. The van der Waals surface area contributed by atoms with Crippen molar-refractivity contribution in [3.8, 4) is 0 Å². The number of aromatic nitrogens is 2. The van der Waals surface area contributed by atoms with Gasteiger partial charge in [0.05, 0.1) is 54.1 Å². The molecule has 6 rings (SSSR count).